The summed E-state index contributed by atoms with van der Waals surface area (Å²) in [5, 5.41) is 2.73. The number of nitrogens with zero attached hydrogens (tertiary/aromatic N) is 1. The number of rotatable bonds is 4. The van der Waals surface area contributed by atoms with Crippen molar-refractivity contribution in [3.8, 4) is 0 Å². The van der Waals surface area contributed by atoms with Gasteiger partial charge in [0.15, 0.2) is 0 Å². The summed E-state index contributed by atoms with van der Waals surface area (Å²) in [6, 6.07) is 11.6. The highest BCUT2D eigenvalue weighted by Crippen LogP contribution is 2.14. The Kier molecular flexibility index (Phi) is 4.42. The molecule has 0 heterocycles. The second-order valence-electron chi connectivity index (χ2n) is 4.98. The summed E-state index contributed by atoms with van der Waals surface area (Å²) in [5.74, 6) is -0.867. The fourth-order valence-electron chi connectivity index (χ4n) is 1.91. The summed E-state index contributed by atoms with van der Waals surface area (Å²) in [5.41, 5.74) is 8.14. The SMILES string of the molecule is CN(C)c1ccc(CNC(=O)c2cc(F)ccc2N)cc1. The molecule has 0 aliphatic heterocycles. The van der Waals surface area contributed by atoms with Gasteiger partial charge in [0, 0.05) is 32.0 Å². The van der Waals surface area contributed by atoms with Gasteiger partial charge >= 0.3 is 0 Å². The number of carbonyl (C=O) groups is 1. The van der Waals surface area contributed by atoms with E-state index >= 15 is 0 Å². The van der Waals surface area contributed by atoms with Crippen molar-refractivity contribution in [2.45, 2.75) is 6.54 Å². The molecule has 2 rings (SSSR count). The van der Waals surface area contributed by atoms with E-state index in [4.69, 9.17) is 5.73 Å². The van der Waals surface area contributed by atoms with Gasteiger partial charge in [-0.3, -0.25) is 4.79 Å². The van der Waals surface area contributed by atoms with Crippen LogP contribution in [0.1, 0.15) is 15.9 Å². The van der Waals surface area contributed by atoms with E-state index < -0.39 is 5.82 Å². The van der Waals surface area contributed by atoms with Crippen molar-refractivity contribution in [3.05, 3.63) is 59.4 Å². The summed E-state index contributed by atoms with van der Waals surface area (Å²) in [4.78, 5) is 14.0. The minimum atomic E-state index is -0.482. The molecule has 0 saturated carbocycles. The van der Waals surface area contributed by atoms with E-state index in [-0.39, 0.29) is 17.2 Å². The van der Waals surface area contributed by atoms with Crippen molar-refractivity contribution >= 4 is 17.3 Å². The summed E-state index contributed by atoms with van der Waals surface area (Å²) < 4.78 is 13.2. The van der Waals surface area contributed by atoms with Gasteiger partial charge in [0.1, 0.15) is 5.82 Å². The zero-order valence-electron chi connectivity index (χ0n) is 12.1. The largest absolute Gasteiger partial charge is 0.398 e. The quantitative estimate of drug-likeness (QED) is 0.849. The second-order valence-corrected chi connectivity index (χ2v) is 4.98. The first-order chi connectivity index (χ1) is 9.97. The van der Waals surface area contributed by atoms with Gasteiger partial charge in [0.05, 0.1) is 5.56 Å². The molecule has 3 N–H and O–H groups in total. The van der Waals surface area contributed by atoms with Gasteiger partial charge in [-0.2, -0.15) is 0 Å². The van der Waals surface area contributed by atoms with Gasteiger partial charge in [-0.15, -0.1) is 0 Å². The molecule has 0 atom stereocenters. The fraction of sp³-hybridized carbons (Fsp3) is 0.188. The van der Waals surface area contributed by atoms with Crippen LogP contribution in [0.2, 0.25) is 0 Å². The van der Waals surface area contributed by atoms with Crippen LogP contribution in [0.3, 0.4) is 0 Å². The molecule has 0 aliphatic carbocycles. The third-order valence-electron chi connectivity index (χ3n) is 3.17. The van der Waals surface area contributed by atoms with E-state index in [1.807, 2.05) is 43.3 Å². The summed E-state index contributed by atoms with van der Waals surface area (Å²) in [6.45, 7) is 0.364. The molecule has 0 aliphatic rings. The average molecular weight is 287 g/mol. The first-order valence-corrected chi connectivity index (χ1v) is 6.57. The van der Waals surface area contributed by atoms with E-state index in [1.165, 1.54) is 12.1 Å². The van der Waals surface area contributed by atoms with Crippen LogP contribution in [0.5, 0.6) is 0 Å². The van der Waals surface area contributed by atoms with Crippen molar-refractivity contribution in [1.29, 1.82) is 0 Å². The van der Waals surface area contributed by atoms with Gasteiger partial charge in [0.25, 0.3) is 5.91 Å². The van der Waals surface area contributed by atoms with Gasteiger partial charge < -0.3 is 16.0 Å². The molecular weight excluding hydrogens is 269 g/mol. The molecule has 0 radical (unpaired) electrons. The van der Waals surface area contributed by atoms with Gasteiger partial charge in [-0.1, -0.05) is 12.1 Å². The first-order valence-electron chi connectivity index (χ1n) is 6.57. The van der Waals surface area contributed by atoms with Gasteiger partial charge in [-0.05, 0) is 35.9 Å². The molecule has 0 bridgehead atoms. The lowest BCUT2D eigenvalue weighted by Gasteiger charge is -2.13. The Morgan fingerprint density at radius 1 is 1.19 bits per heavy atom. The molecule has 2 aromatic rings. The number of benzene rings is 2. The van der Waals surface area contributed by atoms with E-state index in [2.05, 4.69) is 5.32 Å². The highest BCUT2D eigenvalue weighted by molar-refractivity contribution is 5.99. The molecule has 0 saturated heterocycles. The molecule has 4 nitrogen and oxygen atoms in total. The molecule has 0 spiro atoms. The number of carbonyl (C=O) groups excluding carboxylic acids is 1. The Balaban J connectivity index is 2.02. The lowest BCUT2D eigenvalue weighted by atomic mass is 10.1. The summed E-state index contributed by atoms with van der Waals surface area (Å²) in [7, 11) is 3.92. The molecule has 2 aromatic carbocycles. The van der Waals surface area contributed by atoms with Crippen LogP contribution in [0.15, 0.2) is 42.5 Å². The molecule has 0 aromatic heterocycles. The topological polar surface area (TPSA) is 58.4 Å². The van der Waals surface area contributed by atoms with E-state index in [9.17, 15) is 9.18 Å². The molecule has 0 unspecified atom stereocenters. The number of nitrogens with one attached hydrogen (secondary N) is 1. The predicted octanol–water partition coefficient (Wildman–Crippen LogP) is 2.40. The van der Waals surface area contributed by atoms with Crippen molar-refractivity contribution in [2.24, 2.45) is 0 Å². The zero-order valence-corrected chi connectivity index (χ0v) is 12.1. The Labute approximate surface area is 123 Å². The van der Waals surface area contributed by atoms with Crippen molar-refractivity contribution < 1.29 is 9.18 Å². The first kappa shape index (κ1) is 14.8. The summed E-state index contributed by atoms with van der Waals surface area (Å²) >= 11 is 0. The average Bonchev–Trinajstić information content (AvgIpc) is 2.47. The van der Waals surface area contributed by atoms with Crippen molar-refractivity contribution in [1.82, 2.24) is 5.32 Å². The maximum Gasteiger partial charge on any atom is 0.253 e. The van der Waals surface area contributed by atoms with Crippen LogP contribution >= 0.6 is 0 Å². The van der Waals surface area contributed by atoms with Crippen LogP contribution in [-0.4, -0.2) is 20.0 Å². The molecule has 0 fully saturated rings. The maximum absolute atomic E-state index is 13.2. The minimum absolute atomic E-state index is 0.153. The van der Waals surface area contributed by atoms with Gasteiger partial charge in [0.2, 0.25) is 0 Å². The van der Waals surface area contributed by atoms with Gasteiger partial charge in [-0.25, -0.2) is 4.39 Å². The Bertz CT molecular complexity index is 638. The van der Waals surface area contributed by atoms with E-state index in [0.29, 0.717) is 6.54 Å². The smallest absolute Gasteiger partial charge is 0.253 e. The number of amides is 1. The fourth-order valence-corrected chi connectivity index (χ4v) is 1.91. The molecule has 110 valence electrons. The van der Waals surface area contributed by atoms with E-state index in [1.54, 1.807) is 0 Å². The van der Waals surface area contributed by atoms with E-state index in [0.717, 1.165) is 17.3 Å². The number of hydrogen-bond acceptors (Lipinski definition) is 3. The minimum Gasteiger partial charge on any atom is -0.398 e. The van der Waals surface area contributed by atoms with Crippen LogP contribution in [0.25, 0.3) is 0 Å². The summed E-state index contributed by atoms with van der Waals surface area (Å²) in [6.07, 6.45) is 0. The Morgan fingerprint density at radius 2 is 1.86 bits per heavy atom. The number of nitrogen functional groups attached to an aromatic ring is 1. The maximum atomic E-state index is 13.2. The van der Waals surface area contributed by atoms with Crippen LogP contribution in [0, 0.1) is 5.82 Å². The predicted molar refractivity (Wildman–Crippen MR) is 82.8 cm³/mol. The van der Waals surface area contributed by atoms with Crippen LogP contribution in [-0.2, 0) is 6.54 Å². The number of anilines is 2. The van der Waals surface area contributed by atoms with Crippen molar-refractivity contribution in [3.63, 3.8) is 0 Å². The molecular formula is C16H18FN3O. The third-order valence-corrected chi connectivity index (χ3v) is 3.17. The normalized spacial score (nSPS) is 10.2. The lowest BCUT2D eigenvalue weighted by Crippen LogP contribution is -2.24. The molecule has 21 heavy (non-hydrogen) atoms. The monoisotopic (exact) mass is 287 g/mol. The Hall–Kier alpha value is -2.56. The highest BCUT2D eigenvalue weighted by atomic mass is 19.1. The van der Waals surface area contributed by atoms with Crippen LogP contribution < -0.4 is 16.0 Å². The number of hydrogen-bond donors (Lipinski definition) is 2. The number of halogens is 1. The lowest BCUT2D eigenvalue weighted by molar-refractivity contribution is 0.0951. The molecule has 5 heteroatoms. The van der Waals surface area contributed by atoms with Crippen LogP contribution in [0.4, 0.5) is 15.8 Å². The molecule has 1 amide bonds. The standard InChI is InChI=1S/C16H18FN3O/c1-20(2)13-6-3-11(4-7-13)10-19-16(21)14-9-12(17)5-8-15(14)18/h3-9H,10,18H2,1-2H3,(H,19,21). The second kappa shape index (κ2) is 6.26. The highest BCUT2D eigenvalue weighted by Gasteiger charge is 2.10. The zero-order chi connectivity index (χ0) is 15.4. The Morgan fingerprint density at radius 3 is 2.48 bits per heavy atom. The number of nitrogens with two attached hydrogens (primary N) is 1. The van der Waals surface area contributed by atoms with Crippen molar-refractivity contribution in [2.75, 3.05) is 24.7 Å². The third kappa shape index (κ3) is 3.72.